The Bertz CT molecular complexity index is 238. The molecule has 1 saturated carbocycles. The Morgan fingerprint density at radius 1 is 1.00 bits per heavy atom. The normalized spacial score (nSPS) is 27.7. The van der Waals surface area contributed by atoms with Crippen molar-refractivity contribution in [3.63, 3.8) is 0 Å². The van der Waals surface area contributed by atoms with Crippen molar-refractivity contribution < 1.29 is 0 Å². The Balaban J connectivity index is 2.54. The van der Waals surface area contributed by atoms with Gasteiger partial charge in [0.15, 0.2) is 0 Å². The highest BCUT2D eigenvalue weighted by molar-refractivity contribution is 4.86. The molecule has 1 rings (SSSR count). The summed E-state index contributed by atoms with van der Waals surface area (Å²) in [7, 11) is 0. The SMILES string of the molecule is CCCCC(CC)CC1CC(CCC)CCC1NCCC. The zero-order chi connectivity index (χ0) is 15.5. The van der Waals surface area contributed by atoms with Gasteiger partial charge in [-0.2, -0.15) is 0 Å². The van der Waals surface area contributed by atoms with Crippen molar-refractivity contribution in [2.75, 3.05) is 6.54 Å². The van der Waals surface area contributed by atoms with Crippen molar-refractivity contribution in [1.82, 2.24) is 5.32 Å². The third-order valence-electron chi connectivity index (χ3n) is 5.62. The molecule has 126 valence electrons. The van der Waals surface area contributed by atoms with Crippen LogP contribution >= 0.6 is 0 Å². The highest BCUT2D eigenvalue weighted by Crippen LogP contribution is 2.37. The van der Waals surface area contributed by atoms with Crippen LogP contribution in [0.3, 0.4) is 0 Å². The van der Waals surface area contributed by atoms with E-state index in [1.54, 1.807) is 0 Å². The molecule has 0 amide bonds. The molecular weight excluding hydrogens is 254 g/mol. The number of unbranched alkanes of at least 4 members (excludes halogenated alkanes) is 1. The van der Waals surface area contributed by atoms with Crippen LogP contribution in [0, 0.1) is 17.8 Å². The fourth-order valence-electron chi connectivity index (χ4n) is 4.30. The van der Waals surface area contributed by atoms with E-state index in [2.05, 4.69) is 33.0 Å². The van der Waals surface area contributed by atoms with Crippen LogP contribution in [0.25, 0.3) is 0 Å². The molecule has 1 heteroatoms. The first-order valence-corrected chi connectivity index (χ1v) is 9.98. The second-order valence-corrected chi connectivity index (χ2v) is 7.44. The quantitative estimate of drug-likeness (QED) is 0.480. The molecule has 21 heavy (non-hydrogen) atoms. The Morgan fingerprint density at radius 2 is 1.81 bits per heavy atom. The number of rotatable bonds is 11. The molecule has 1 aliphatic rings. The first-order valence-electron chi connectivity index (χ1n) is 9.98. The van der Waals surface area contributed by atoms with Crippen LogP contribution in [0.4, 0.5) is 0 Å². The smallest absolute Gasteiger partial charge is 0.00956 e. The summed E-state index contributed by atoms with van der Waals surface area (Å²) in [5, 5.41) is 3.87. The van der Waals surface area contributed by atoms with E-state index in [4.69, 9.17) is 0 Å². The van der Waals surface area contributed by atoms with Gasteiger partial charge in [0.1, 0.15) is 0 Å². The van der Waals surface area contributed by atoms with Crippen LogP contribution < -0.4 is 5.32 Å². The molecule has 0 aromatic rings. The summed E-state index contributed by atoms with van der Waals surface area (Å²) in [6, 6.07) is 0.814. The molecule has 0 aliphatic heterocycles. The monoisotopic (exact) mass is 295 g/mol. The summed E-state index contributed by atoms with van der Waals surface area (Å²) >= 11 is 0. The second-order valence-electron chi connectivity index (χ2n) is 7.44. The third kappa shape index (κ3) is 7.17. The van der Waals surface area contributed by atoms with Gasteiger partial charge in [0.25, 0.3) is 0 Å². The van der Waals surface area contributed by atoms with Gasteiger partial charge in [-0.15, -0.1) is 0 Å². The fraction of sp³-hybridized carbons (Fsp3) is 1.00. The maximum atomic E-state index is 3.87. The lowest BCUT2D eigenvalue weighted by molar-refractivity contribution is 0.161. The highest BCUT2D eigenvalue weighted by atomic mass is 14.9. The zero-order valence-corrected chi connectivity index (χ0v) is 15.3. The highest BCUT2D eigenvalue weighted by Gasteiger charge is 2.30. The number of hydrogen-bond acceptors (Lipinski definition) is 1. The van der Waals surface area contributed by atoms with Gasteiger partial charge in [-0.1, -0.05) is 66.2 Å². The van der Waals surface area contributed by atoms with Crippen molar-refractivity contribution in [3.05, 3.63) is 0 Å². The molecule has 0 bridgehead atoms. The fourth-order valence-corrected chi connectivity index (χ4v) is 4.30. The zero-order valence-electron chi connectivity index (χ0n) is 15.3. The van der Waals surface area contributed by atoms with Gasteiger partial charge in [0.2, 0.25) is 0 Å². The first kappa shape index (κ1) is 19.0. The van der Waals surface area contributed by atoms with E-state index in [0.717, 1.165) is 23.8 Å². The van der Waals surface area contributed by atoms with E-state index < -0.39 is 0 Å². The van der Waals surface area contributed by atoms with E-state index >= 15 is 0 Å². The Hall–Kier alpha value is -0.0400. The molecule has 4 atom stereocenters. The first-order chi connectivity index (χ1) is 10.2. The molecule has 0 aromatic carbocycles. The molecule has 1 N–H and O–H groups in total. The van der Waals surface area contributed by atoms with Crippen LogP contribution in [0.2, 0.25) is 0 Å². The van der Waals surface area contributed by atoms with E-state index in [-0.39, 0.29) is 0 Å². The van der Waals surface area contributed by atoms with Crippen LogP contribution in [-0.4, -0.2) is 12.6 Å². The standard InChI is InChI=1S/C20H41N/c1-5-9-11-17(8-4)15-19-16-18(10-6-2)12-13-20(19)21-14-7-3/h17-21H,5-16H2,1-4H3. The molecule has 4 unspecified atom stereocenters. The van der Waals surface area contributed by atoms with Crippen molar-refractivity contribution >= 4 is 0 Å². The van der Waals surface area contributed by atoms with Gasteiger partial charge in [-0.05, 0) is 56.4 Å². The van der Waals surface area contributed by atoms with Crippen molar-refractivity contribution in [2.24, 2.45) is 17.8 Å². The van der Waals surface area contributed by atoms with Gasteiger partial charge < -0.3 is 5.32 Å². The van der Waals surface area contributed by atoms with Crippen LogP contribution in [0.15, 0.2) is 0 Å². The van der Waals surface area contributed by atoms with Gasteiger partial charge in [0.05, 0.1) is 0 Å². The molecule has 1 nitrogen and oxygen atoms in total. The third-order valence-corrected chi connectivity index (χ3v) is 5.62. The molecule has 0 radical (unpaired) electrons. The van der Waals surface area contributed by atoms with Crippen molar-refractivity contribution in [3.8, 4) is 0 Å². The average molecular weight is 296 g/mol. The minimum Gasteiger partial charge on any atom is -0.314 e. The lowest BCUT2D eigenvalue weighted by Gasteiger charge is -2.38. The molecule has 0 heterocycles. The minimum absolute atomic E-state index is 0.814. The molecule has 0 saturated heterocycles. The predicted octanol–water partition coefficient (Wildman–Crippen LogP) is 6.18. The lowest BCUT2D eigenvalue weighted by Crippen LogP contribution is -2.41. The Morgan fingerprint density at radius 3 is 2.43 bits per heavy atom. The van der Waals surface area contributed by atoms with E-state index in [1.807, 2.05) is 0 Å². The lowest BCUT2D eigenvalue weighted by atomic mass is 9.72. The van der Waals surface area contributed by atoms with Gasteiger partial charge in [-0.25, -0.2) is 0 Å². The van der Waals surface area contributed by atoms with Crippen LogP contribution in [-0.2, 0) is 0 Å². The van der Waals surface area contributed by atoms with Crippen molar-refractivity contribution in [1.29, 1.82) is 0 Å². The largest absolute Gasteiger partial charge is 0.314 e. The van der Waals surface area contributed by atoms with E-state index in [0.29, 0.717) is 0 Å². The molecule has 1 fully saturated rings. The Labute approximate surface area is 134 Å². The van der Waals surface area contributed by atoms with Crippen LogP contribution in [0.5, 0.6) is 0 Å². The summed E-state index contributed by atoms with van der Waals surface area (Å²) in [5.41, 5.74) is 0. The maximum Gasteiger partial charge on any atom is 0.00956 e. The average Bonchev–Trinajstić information content (AvgIpc) is 2.50. The predicted molar refractivity (Wildman–Crippen MR) is 95.7 cm³/mol. The van der Waals surface area contributed by atoms with E-state index in [1.165, 1.54) is 77.2 Å². The molecule has 1 aliphatic carbocycles. The van der Waals surface area contributed by atoms with E-state index in [9.17, 15) is 0 Å². The molecular formula is C20H41N. The van der Waals surface area contributed by atoms with Crippen LogP contribution in [0.1, 0.15) is 98.3 Å². The van der Waals surface area contributed by atoms with Gasteiger partial charge in [-0.3, -0.25) is 0 Å². The summed E-state index contributed by atoms with van der Waals surface area (Å²) in [6.45, 7) is 10.6. The summed E-state index contributed by atoms with van der Waals surface area (Å²) in [5.74, 6) is 2.94. The topological polar surface area (TPSA) is 12.0 Å². The maximum absolute atomic E-state index is 3.87. The minimum atomic E-state index is 0.814. The molecule has 0 spiro atoms. The summed E-state index contributed by atoms with van der Waals surface area (Å²) in [4.78, 5) is 0. The molecule has 0 aromatic heterocycles. The van der Waals surface area contributed by atoms with Gasteiger partial charge >= 0.3 is 0 Å². The number of nitrogens with one attached hydrogen (secondary N) is 1. The Kier molecular flexibility index (Phi) is 10.4. The summed E-state index contributed by atoms with van der Waals surface area (Å²) < 4.78 is 0. The van der Waals surface area contributed by atoms with Gasteiger partial charge in [0, 0.05) is 6.04 Å². The number of hydrogen-bond donors (Lipinski definition) is 1. The van der Waals surface area contributed by atoms with Crippen molar-refractivity contribution in [2.45, 2.75) is 104 Å². The summed E-state index contributed by atoms with van der Waals surface area (Å²) in [6.07, 6.45) is 15.6. The second kappa shape index (κ2) is 11.5.